The van der Waals surface area contributed by atoms with Crippen LogP contribution >= 0.6 is 0 Å². The molecule has 0 unspecified atom stereocenters. The van der Waals surface area contributed by atoms with Crippen molar-refractivity contribution in [3.63, 3.8) is 0 Å². The van der Waals surface area contributed by atoms with Crippen LogP contribution in [0.4, 0.5) is 0 Å². The Labute approximate surface area is 174 Å². The number of hydrogen-bond acceptors (Lipinski definition) is 4. The summed E-state index contributed by atoms with van der Waals surface area (Å²) in [6.07, 6.45) is 0.761. The van der Waals surface area contributed by atoms with E-state index < -0.39 is 0 Å². The van der Waals surface area contributed by atoms with E-state index in [4.69, 9.17) is 0 Å². The molecule has 0 aliphatic rings. The maximum Gasteiger partial charge on any atom is 0.271 e. The molecular weight excluding hydrogens is 378 g/mol. The van der Waals surface area contributed by atoms with E-state index in [1.165, 1.54) is 16.8 Å². The fourth-order valence-electron chi connectivity index (χ4n) is 3.45. The van der Waals surface area contributed by atoms with Gasteiger partial charge in [0.15, 0.2) is 0 Å². The summed E-state index contributed by atoms with van der Waals surface area (Å²) in [4.78, 5) is 29.1. The number of nitrogens with one attached hydrogen (secondary N) is 1. The predicted molar refractivity (Wildman–Crippen MR) is 115 cm³/mol. The zero-order valence-electron chi connectivity index (χ0n) is 16.8. The van der Waals surface area contributed by atoms with Crippen LogP contribution in [0.3, 0.4) is 0 Å². The number of carbonyl (C=O) groups is 1. The predicted octanol–water partition coefficient (Wildman–Crippen LogP) is 2.77. The summed E-state index contributed by atoms with van der Waals surface area (Å²) in [5.41, 5.74) is 3.01. The minimum atomic E-state index is -0.288. The highest BCUT2D eigenvalue weighted by Crippen LogP contribution is 2.15. The number of aryl methyl sites for hydroxylation is 2. The number of benzene rings is 2. The van der Waals surface area contributed by atoms with Crippen LogP contribution in [0.15, 0.2) is 71.5 Å². The highest BCUT2D eigenvalue weighted by Gasteiger charge is 2.10. The molecule has 0 saturated carbocycles. The van der Waals surface area contributed by atoms with Crippen LogP contribution in [-0.4, -0.2) is 31.8 Å². The number of hydrogen-bond donors (Lipinski definition) is 1. The Balaban J connectivity index is 1.36. The number of nitrogens with zero attached hydrogens (tertiary/aromatic N) is 4. The van der Waals surface area contributed by atoms with Crippen molar-refractivity contribution in [2.75, 3.05) is 6.54 Å². The van der Waals surface area contributed by atoms with Crippen LogP contribution in [0.5, 0.6) is 0 Å². The molecule has 0 radical (unpaired) electrons. The second-order valence-electron chi connectivity index (χ2n) is 7.11. The Morgan fingerprint density at radius 2 is 1.77 bits per heavy atom. The Morgan fingerprint density at radius 3 is 2.60 bits per heavy atom. The minimum absolute atomic E-state index is 0.231. The minimum Gasteiger partial charge on any atom is -0.351 e. The van der Waals surface area contributed by atoms with Crippen molar-refractivity contribution < 1.29 is 4.79 Å². The first-order valence-electron chi connectivity index (χ1n) is 9.94. The van der Waals surface area contributed by atoms with Gasteiger partial charge < -0.3 is 9.88 Å². The second-order valence-corrected chi connectivity index (χ2v) is 7.11. The van der Waals surface area contributed by atoms with Gasteiger partial charge >= 0.3 is 0 Å². The molecule has 0 spiro atoms. The molecule has 4 rings (SSSR count). The lowest BCUT2D eigenvalue weighted by atomic mass is 10.2. The number of rotatable bonds is 7. The van der Waals surface area contributed by atoms with E-state index in [0.29, 0.717) is 13.1 Å². The van der Waals surface area contributed by atoms with Crippen LogP contribution in [0, 0.1) is 6.92 Å². The smallest absolute Gasteiger partial charge is 0.271 e. The van der Waals surface area contributed by atoms with E-state index in [1.54, 1.807) is 0 Å². The summed E-state index contributed by atoms with van der Waals surface area (Å²) < 4.78 is 3.46. The third-order valence-electron chi connectivity index (χ3n) is 4.96. The van der Waals surface area contributed by atoms with Gasteiger partial charge in [-0.1, -0.05) is 42.5 Å². The van der Waals surface area contributed by atoms with E-state index in [1.807, 2.05) is 61.5 Å². The maximum atomic E-state index is 12.5. The van der Waals surface area contributed by atoms with Gasteiger partial charge in [0.1, 0.15) is 11.5 Å². The van der Waals surface area contributed by atoms with Gasteiger partial charge in [0, 0.05) is 19.2 Å². The van der Waals surface area contributed by atoms with Crippen molar-refractivity contribution in [1.82, 2.24) is 24.6 Å². The van der Waals surface area contributed by atoms with Gasteiger partial charge in [0.25, 0.3) is 11.5 Å². The van der Waals surface area contributed by atoms with E-state index >= 15 is 0 Å². The van der Waals surface area contributed by atoms with Crippen molar-refractivity contribution in [2.24, 2.45) is 0 Å². The molecule has 0 aliphatic heterocycles. The average Bonchev–Trinajstić information content (AvgIpc) is 3.08. The van der Waals surface area contributed by atoms with Gasteiger partial charge in [-0.25, -0.2) is 9.67 Å². The normalized spacial score (nSPS) is 11.0. The molecule has 2 aromatic carbocycles. The van der Waals surface area contributed by atoms with Crippen LogP contribution < -0.4 is 10.9 Å². The molecule has 0 bridgehead atoms. The average molecular weight is 401 g/mol. The molecule has 0 atom stereocenters. The topological polar surface area (TPSA) is 81.8 Å². The van der Waals surface area contributed by atoms with E-state index in [2.05, 4.69) is 20.0 Å². The lowest BCUT2D eigenvalue weighted by Crippen LogP contribution is -2.30. The SMILES string of the molecule is Cc1nc2ccccc2n1CCCNC(=O)c1ccc(=O)n(Cc2ccccc2)n1. The number of para-hydroxylation sites is 2. The Bertz CT molecular complexity index is 1230. The van der Waals surface area contributed by atoms with Crippen molar-refractivity contribution in [3.8, 4) is 0 Å². The van der Waals surface area contributed by atoms with E-state index in [9.17, 15) is 9.59 Å². The van der Waals surface area contributed by atoms with Gasteiger partial charge in [-0.3, -0.25) is 9.59 Å². The molecule has 7 heteroatoms. The largest absolute Gasteiger partial charge is 0.351 e. The fraction of sp³-hybridized carbons (Fsp3) is 0.217. The number of amides is 1. The molecule has 30 heavy (non-hydrogen) atoms. The molecule has 2 heterocycles. The summed E-state index contributed by atoms with van der Waals surface area (Å²) in [6.45, 7) is 3.57. The molecule has 1 N–H and O–H groups in total. The molecule has 0 saturated heterocycles. The summed E-state index contributed by atoms with van der Waals surface area (Å²) in [5, 5.41) is 7.12. The quantitative estimate of drug-likeness (QED) is 0.483. The summed E-state index contributed by atoms with van der Waals surface area (Å²) in [7, 11) is 0. The van der Waals surface area contributed by atoms with Gasteiger partial charge in [-0.2, -0.15) is 5.10 Å². The third-order valence-corrected chi connectivity index (χ3v) is 4.96. The van der Waals surface area contributed by atoms with Crippen molar-refractivity contribution in [1.29, 1.82) is 0 Å². The Kier molecular flexibility index (Phi) is 5.70. The van der Waals surface area contributed by atoms with Gasteiger partial charge in [0.05, 0.1) is 17.6 Å². The third kappa shape index (κ3) is 4.30. The number of carbonyl (C=O) groups excluding carboxylic acids is 1. The molecule has 152 valence electrons. The van der Waals surface area contributed by atoms with E-state index in [-0.39, 0.29) is 17.2 Å². The summed E-state index contributed by atoms with van der Waals surface area (Å²) in [6, 6.07) is 20.4. The first-order valence-corrected chi connectivity index (χ1v) is 9.94. The second kappa shape index (κ2) is 8.73. The molecule has 1 amide bonds. The number of fused-ring (bicyclic) bond motifs is 1. The van der Waals surface area contributed by atoms with Crippen molar-refractivity contribution >= 4 is 16.9 Å². The van der Waals surface area contributed by atoms with Gasteiger partial charge in [-0.15, -0.1) is 0 Å². The monoisotopic (exact) mass is 401 g/mol. The summed E-state index contributed by atoms with van der Waals surface area (Å²) >= 11 is 0. The highest BCUT2D eigenvalue weighted by atomic mass is 16.2. The first kappa shape index (κ1) is 19.6. The maximum absolute atomic E-state index is 12.5. The standard InChI is InChI=1S/C23H23N5O2/c1-17-25-19-10-5-6-11-21(19)27(17)15-7-14-24-23(30)20-12-13-22(29)28(26-20)16-18-8-3-2-4-9-18/h2-6,8-13H,7,14-16H2,1H3,(H,24,30). The molecule has 2 aromatic heterocycles. The highest BCUT2D eigenvalue weighted by molar-refractivity contribution is 5.91. The van der Waals surface area contributed by atoms with Gasteiger partial charge in [-0.05, 0) is 37.1 Å². The van der Waals surface area contributed by atoms with Gasteiger partial charge in [0.2, 0.25) is 0 Å². The fourth-order valence-corrected chi connectivity index (χ4v) is 3.45. The van der Waals surface area contributed by atoms with Crippen LogP contribution in [0.2, 0.25) is 0 Å². The molecule has 7 nitrogen and oxygen atoms in total. The lowest BCUT2D eigenvalue weighted by molar-refractivity contribution is 0.0945. The first-order chi connectivity index (χ1) is 14.6. The zero-order chi connectivity index (χ0) is 20.9. The van der Waals surface area contributed by atoms with Crippen LogP contribution in [-0.2, 0) is 13.1 Å². The van der Waals surface area contributed by atoms with Crippen molar-refractivity contribution in [3.05, 3.63) is 94.2 Å². The lowest BCUT2D eigenvalue weighted by Gasteiger charge is -2.09. The van der Waals surface area contributed by atoms with Crippen LogP contribution in [0.1, 0.15) is 28.3 Å². The molecule has 0 aliphatic carbocycles. The number of imidazole rings is 1. The Hall–Kier alpha value is -3.74. The zero-order valence-corrected chi connectivity index (χ0v) is 16.8. The van der Waals surface area contributed by atoms with E-state index in [0.717, 1.165) is 35.4 Å². The molecular formula is C23H23N5O2. The summed E-state index contributed by atoms with van der Waals surface area (Å²) in [5.74, 6) is 0.668. The van der Waals surface area contributed by atoms with Crippen LogP contribution in [0.25, 0.3) is 11.0 Å². The molecule has 4 aromatic rings. The van der Waals surface area contributed by atoms with Crippen molar-refractivity contribution in [2.45, 2.75) is 26.4 Å². The number of aromatic nitrogens is 4. The Morgan fingerprint density at radius 1 is 1.00 bits per heavy atom. The molecule has 0 fully saturated rings.